The van der Waals surface area contributed by atoms with Crippen molar-refractivity contribution in [1.82, 2.24) is 14.7 Å². The molecule has 3 rings (SSSR count). The summed E-state index contributed by atoms with van der Waals surface area (Å²) in [5, 5.41) is 0. The molecule has 2 aromatic carbocycles. The molecule has 0 unspecified atom stereocenters. The Bertz CT molecular complexity index is 878. The standard InChI is InChI=1S/C29H45N3O2/c1-24-26(12-8-14-28(24)33-22-10-16-31(5)21-20-30(3)4)27-13-9-15-29(25(27)2)34-23-11-19-32-17-6-7-18-32/h8-9,12-15H,6-7,10-11,16-23H2,1-5H3. The third kappa shape index (κ3) is 8.00. The van der Waals surface area contributed by atoms with Crippen LogP contribution in [0.2, 0.25) is 0 Å². The van der Waals surface area contributed by atoms with Crippen LogP contribution in [0.1, 0.15) is 36.8 Å². The first-order valence-electron chi connectivity index (χ1n) is 13.0. The minimum absolute atomic E-state index is 0.732. The fraction of sp³-hybridized carbons (Fsp3) is 0.586. The molecule has 188 valence electrons. The molecule has 0 amide bonds. The van der Waals surface area contributed by atoms with E-state index in [0.29, 0.717) is 0 Å². The van der Waals surface area contributed by atoms with Crippen molar-refractivity contribution in [3.8, 4) is 22.6 Å². The number of likely N-dealkylation sites (N-methyl/N-ethyl adjacent to an activating group) is 2. The lowest BCUT2D eigenvalue weighted by Crippen LogP contribution is -2.30. The number of rotatable bonds is 14. The maximum absolute atomic E-state index is 6.20. The zero-order chi connectivity index (χ0) is 24.3. The SMILES string of the molecule is Cc1c(OCCCN(C)CCN(C)C)cccc1-c1cccc(OCCCN2CCCC2)c1C. The topological polar surface area (TPSA) is 28.2 Å². The predicted octanol–water partition coefficient (Wildman–Crippen LogP) is 5.10. The summed E-state index contributed by atoms with van der Waals surface area (Å²) >= 11 is 0. The summed E-state index contributed by atoms with van der Waals surface area (Å²) in [4.78, 5) is 7.13. The fourth-order valence-corrected chi connectivity index (χ4v) is 4.60. The Labute approximate surface area is 207 Å². The molecule has 0 atom stereocenters. The van der Waals surface area contributed by atoms with Gasteiger partial charge < -0.3 is 24.2 Å². The van der Waals surface area contributed by atoms with Crippen molar-refractivity contribution >= 4 is 0 Å². The Morgan fingerprint density at radius 3 is 1.85 bits per heavy atom. The van der Waals surface area contributed by atoms with E-state index in [1.807, 2.05) is 0 Å². The Morgan fingerprint density at radius 1 is 0.735 bits per heavy atom. The van der Waals surface area contributed by atoms with Gasteiger partial charge in [-0.2, -0.15) is 0 Å². The highest BCUT2D eigenvalue weighted by molar-refractivity contribution is 5.74. The Balaban J connectivity index is 1.54. The monoisotopic (exact) mass is 467 g/mol. The molecular weight excluding hydrogens is 422 g/mol. The van der Waals surface area contributed by atoms with E-state index in [9.17, 15) is 0 Å². The summed E-state index contributed by atoms with van der Waals surface area (Å²) in [6.45, 7) is 12.7. The van der Waals surface area contributed by atoms with E-state index < -0.39 is 0 Å². The van der Waals surface area contributed by atoms with Crippen molar-refractivity contribution in [3.63, 3.8) is 0 Å². The first-order chi connectivity index (χ1) is 16.5. The molecule has 0 N–H and O–H groups in total. The minimum atomic E-state index is 0.732. The molecule has 34 heavy (non-hydrogen) atoms. The van der Waals surface area contributed by atoms with Crippen molar-refractivity contribution in [2.45, 2.75) is 39.5 Å². The van der Waals surface area contributed by atoms with Crippen molar-refractivity contribution in [2.75, 3.05) is 73.6 Å². The summed E-state index contributed by atoms with van der Waals surface area (Å²) in [5.74, 6) is 1.97. The van der Waals surface area contributed by atoms with Gasteiger partial charge in [0.2, 0.25) is 0 Å². The Morgan fingerprint density at radius 2 is 1.29 bits per heavy atom. The molecule has 1 heterocycles. The third-order valence-corrected chi connectivity index (χ3v) is 6.80. The molecule has 0 saturated carbocycles. The summed E-state index contributed by atoms with van der Waals surface area (Å²) < 4.78 is 12.4. The van der Waals surface area contributed by atoms with E-state index in [1.54, 1.807) is 0 Å². The number of hydrogen-bond donors (Lipinski definition) is 0. The Kier molecular flexibility index (Phi) is 10.7. The van der Waals surface area contributed by atoms with Crippen LogP contribution in [0.3, 0.4) is 0 Å². The van der Waals surface area contributed by atoms with Gasteiger partial charge in [-0.25, -0.2) is 0 Å². The number of ether oxygens (including phenoxy) is 2. The van der Waals surface area contributed by atoms with Crippen molar-refractivity contribution < 1.29 is 9.47 Å². The van der Waals surface area contributed by atoms with Gasteiger partial charge in [-0.3, -0.25) is 0 Å². The molecular formula is C29H45N3O2. The quantitative estimate of drug-likeness (QED) is 0.361. The molecule has 0 aromatic heterocycles. The average molecular weight is 468 g/mol. The van der Waals surface area contributed by atoms with Crippen LogP contribution in [0.15, 0.2) is 36.4 Å². The second kappa shape index (κ2) is 13.7. The van der Waals surface area contributed by atoms with Crippen LogP contribution < -0.4 is 9.47 Å². The van der Waals surface area contributed by atoms with Gasteiger partial charge in [0.05, 0.1) is 13.2 Å². The summed E-state index contributed by atoms with van der Waals surface area (Å²) in [6.07, 6.45) is 4.79. The van der Waals surface area contributed by atoms with Crippen molar-refractivity contribution in [2.24, 2.45) is 0 Å². The van der Waals surface area contributed by atoms with Gasteiger partial charge >= 0.3 is 0 Å². The van der Waals surface area contributed by atoms with Crippen LogP contribution in [0.4, 0.5) is 0 Å². The second-order valence-electron chi connectivity index (χ2n) is 9.92. The minimum Gasteiger partial charge on any atom is -0.493 e. The van der Waals surface area contributed by atoms with E-state index in [2.05, 4.69) is 86.1 Å². The molecule has 5 nitrogen and oxygen atoms in total. The van der Waals surface area contributed by atoms with Crippen LogP contribution >= 0.6 is 0 Å². The summed E-state index contributed by atoms with van der Waals surface area (Å²) in [7, 11) is 6.41. The Hall–Kier alpha value is -2.08. The molecule has 1 saturated heterocycles. The summed E-state index contributed by atoms with van der Waals surface area (Å²) in [6, 6.07) is 12.8. The van der Waals surface area contributed by atoms with Gasteiger partial charge in [-0.05, 0) is 108 Å². The van der Waals surface area contributed by atoms with Crippen molar-refractivity contribution in [3.05, 3.63) is 47.5 Å². The second-order valence-corrected chi connectivity index (χ2v) is 9.92. The molecule has 0 spiro atoms. The predicted molar refractivity (Wildman–Crippen MR) is 143 cm³/mol. The number of likely N-dealkylation sites (tertiary alicyclic amines) is 1. The smallest absolute Gasteiger partial charge is 0.122 e. The maximum Gasteiger partial charge on any atom is 0.122 e. The van der Waals surface area contributed by atoms with E-state index in [1.165, 1.54) is 48.2 Å². The van der Waals surface area contributed by atoms with E-state index in [-0.39, 0.29) is 0 Å². The molecule has 2 aromatic rings. The number of benzene rings is 2. The summed E-state index contributed by atoms with van der Waals surface area (Å²) in [5.41, 5.74) is 4.84. The van der Waals surface area contributed by atoms with Crippen LogP contribution in [0.5, 0.6) is 11.5 Å². The molecule has 1 aliphatic rings. The van der Waals surface area contributed by atoms with E-state index in [0.717, 1.165) is 63.7 Å². The van der Waals surface area contributed by atoms with E-state index >= 15 is 0 Å². The third-order valence-electron chi connectivity index (χ3n) is 6.80. The van der Waals surface area contributed by atoms with Gasteiger partial charge in [0.25, 0.3) is 0 Å². The molecule has 0 aliphatic carbocycles. The molecule has 0 radical (unpaired) electrons. The number of nitrogens with zero attached hydrogens (tertiary/aromatic N) is 3. The van der Waals surface area contributed by atoms with Crippen molar-refractivity contribution in [1.29, 1.82) is 0 Å². The first kappa shape index (κ1) is 26.5. The lowest BCUT2D eigenvalue weighted by Gasteiger charge is -2.20. The fourth-order valence-electron chi connectivity index (χ4n) is 4.60. The zero-order valence-electron chi connectivity index (χ0n) is 22.1. The van der Waals surface area contributed by atoms with Gasteiger partial charge in [-0.1, -0.05) is 24.3 Å². The molecule has 0 bridgehead atoms. The maximum atomic E-state index is 6.20. The van der Waals surface area contributed by atoms with Crippen LogP contribution in [-0.2, 0) is 0 Å². The van der Waals surface area contributed by atoms with Crippen LogP contribution in [-0.4, -0.2) is 88.3 Å². The van der Waals surface area contributed by atoms with Crippen LogP contribution in [0, 0.1) is 13.8 Å². The van der Waals surface area contributed by atoms with Crippen LogP contribution in [0.25, 0.3) is 11.1 Å². The largest absolute Gasteiger partial charge is 0.493 e. The lowest BCUT2D eigenvalue weighted by molar-refractivity contribution is 0.244. The van der Waals surface area contributed by atoms with Gasteiger partial charge in [0.15, 0.2) is 0 Å². The normalized spacial score (nSPS) is 14.3. The van der Waals surface area contributed by atoms with Gasteiger partial charge in [0.1, 0.15) is 11.5 Å². The molecule has 5 heteroatoms. The van der Waals surface area contributed by atoms with Gasteiger partial charge in [-0.15, -0.1) is 0 Å². The number of hydrogen-bond acceptors (Lipinski definition) is 5. The zero-order valence-corrected chi connectivity index (χ0v) is 22.1. The van der Waals surface area contributed by atoms with Gasteiger partial charge in [0, 0.05) is 26.2 Å². The highest BCUT2D eigenvalue weighted by atomic mass is 16.5. The molecule has 1 fully saturated rings. The average Bonchev–Trinajstić information content (AvgIpc) is 3.34. The highest BCUT2D eigenvalue weighted by Crippen LogP contribution is 2.35. The van der Waals surface area contributed by atoms with E-state index in [4.69, 9.17) is 9.47 Å². The lowest BCUT2D eigenvalue weighted by atomic mass is 9.95. The first-order valence-corrected chi connectivity index (χ1v) is 13.0. The highest BCUT2D eigenvalue weighted by Gasteiger charge is 2.13. The molecule has 1 aliphatic heterocycles.